The molecule has 0 amide bonds. The Labute approximate surface area is 177 Å². The van der Waals surface area contributed by atoms with Gasteiger partial charge in [0.05, 0.1) is 10.6 Å². The van der Waals surface area contributed by atoms with Gasteiger partial charge >= 0.3 is 0 Å². The Kier molecular flexibility index (Phi) is 5.33. The van der Waals surface area contributed by atoms with Crippen LogP contribution in [0, 0.1) is 0 Å². The van der Waals surface area contributed by atoms with Crippen molar-refractivity contribution in [1.29, 1.82) is 0 Å². The highest BCUT2D eigenvalue weighted by Gasteiger charge is 2.30. The number of anilines is 1. The summed E-state index contributed by atoms with van der Waals surface area (Å²) in [4.78, 5) is 2.35. The summed E-state index contributed by atoms with van der Waals surface area (Å²) >= 11 is 0. The fourth-order valence-corrected chi connectivity index (χ4v) is 4.94. The fourth-order valence-electron chi connectivity index (χ4n) is 3.52. The zero-order valence-electron chi connectivity index (χ0n) is 17.4. The van der Waals surface area contributed by atoms with Crippen molar-refractivity contribution in [2.75, 3.05) is 31.1 Å². The number of sulfonamides is 1. The van der Waals surface area contributed by atoms with E-state index in [1.54, 1.807) is 16.8 Å². The molecule has 0 atom stereocenters. The third-order valence-corrected chi connectivity index (χ3v) is 7.25. The molecule has 0 bridgehead atoms. The number of hydrogen-bond donors (Lipinski definition) is 0. The van der Waals surface area contributed by atoms with Crippen LogP contribution in [0.5, 0.6) is 0 Å². The minimum Gasteiger partial charge on any atom is -0.337 e. The number of benzene rings is 2. The van der Waals surface area contributed by atoms with Crippen LogP contribution >= 0.6 is 0 Å². The maximum atomic E-state index is 13.1. The zero-order valence-corrected chi connectivity index (χ0v) is 18.2. The lowest BCUT2D eigenvalue weighted by molar-refractivity contribution is 0.381. The van der Waals surface area contributed by atoms with Crippen LogP contribution in [0.3, 0.4) is 0 Å². The Balaban J connectivity index is 1.48. The Bertz CT molecular complexity index is 1100. The van der Waals surface area contributed by atoms with E-state index in [1.807, 2.05) is 47.4 Å². The van der Waals surface area contributed by atoms with Gasteiger partial charge in [-0.1, -0.05) is 56.2 Å². The van der Waals surface area contributed by atoms with Crippen LogP contribution in [-0.2, 0) is 15.4 Å². The molecule has 1 aliphatic heterocycles. The molecule has 0 saturated carbocycles. The van der Waals surface area contributed by atoms with Crippen LogP contribution in [0.15, 0.2) is 59.5 Å². The number of piperazine rings is 1. The van der Waals surface area contributed by atoms with Crippen molar-refractivity contribution in [1.82, 2.24) is 24.5 Å². The molecule has 1 saturated heterocycles. The van der Waals surface area contributed by atoms with Crippen molar-refractivity contribution >= 4 is 16.0 Å². The maximum Gasteiger partial charge on any atom is 0.250 e. The van der Waals surface area contributed by atoms with E-state index in [1.165, 1.54) is 4.31 Å². The fraction of sp³-hybridized carbons (Fsp3) is 0.381. The van der Waals surface area contributed by atoms with E-state index in [0.717, 1.165) is 11.3 Å². The number of para-hydroxylation sites is 1. The Morgan fingerprint density at radius 1 is 0.867 bits per heavy atom. The summed E-state index contributed by atoms with van der Waals surface area (Å²) in [5.74, 6) is 0.618. The third kappa shape index (κ3) is 3.95. The second kappa shape index (κ2) is 7.81. The summed E-state index contributed by atoms with van der Waals surface area (Å²) in [7, 11) is -3.53. The van der Waals surface area contributed by atoms with Crippen LogP contribution in [-0.4, -0.2) is 59.1 Å². The summed E-state index contributed by atoms with van der Waals surface area (Å²) in [6.45, 7) is 8.13. The lowest BCUT2D eigenvalue weighted by Gasteiger charge is -2.34. The molecule has 0 spiro atoms. The van der Waals surface area contributed by atoms with Gasteiger partial charge in [-0.2, -0.15) is 8.99 Å². The highest BCUT2D eigenvalue weighted by molar-refractivity contribution is 7.89. The summed E-state index contributed by atoms with van der Waals surface area (Å²) in [5, 5.41) is 12.0. The number of hydrogen-bond acceptors (Lipinski definition) is 6. The van der Waals surface area contributed by atoms with Crippen molar-refractivity contribution in [3.05, 3.63) is 60.2 Å². The first kappa shape index (κ1) is 20.5. The highest BCUT2D eigenvalue weighted by atomic mass is 32.2. The number of aromatic nitrogens is 4. The predicted octanol–water partition coefficient (Wildman–Crippen LogP) is 2.47. The van der Waals surface area contributed by atoms with Crippen LogP contribution in [0.25, 0.3) is 5.69 Å². The van der Waals surface area contributed by atoms with E-state index in [-0.39, 0.29) is 5.41 Å². The van der Waals surface area contributed by atoms with E-state index in [2.05, 4.69) is 36.3 Å². The van der Waals surface area contributed by atoms with Gasteiger partial charge in [-0.25, -0.2) is 8.42 Å². The van der Waals surface area contributed by atoms with Crippen LogP contribution in [0.4, 0.5) is 5.95 Å². The SMILES string of the molecule is CC(C)(C)c1ccc(S(=O)(=O)N2CCN(c3nnnn3-c3ccccc3)CC2)cc1. The van der Waals surface area contributed by atoms with Crippen molar-refractivity contribution < 1.29 is 8.42 Å². The Hall–Kier alpha value is -2.78. The van der Waals surface area contributed by atoms with Gasteiger partial charge in [-0.15, -0.1) is 0 Å². The van der Waals surface area contributed by atoms with Gasteiger partial charge < -0.3 is 4.90 Å². The highest BCUT2D eigenvalue weighted by Crippen LogP contribution is 2.25. The monoisotopic (exact) mass is 426 g/mol. The van der Waals surface area contributed by atoms with Gasteiger partial charge in [0.2, 0.25) is 16.0 Å². The molecule has 1 aromatic heterocycles. The molecule has 2 heterocycles. The molecule has 0 N–H and O–H groups in total. The molecule has 1 fully saturated rings. The molecule has 3 aromatic rings. The molecule has 0 aliphatic carbocycles. The quantitative estimate of drug-likeness (QED) is 0.637. The molecule has 4 rings (SSSR count). The van der Waals surface area contributed by atoms with Crippen molar-refractivity contribution in [2.45, 2.75) is 31.1 Å². The van der Waals surface area contributed by atoms with E-state index in [4.69, 9.17) is 0 Å². The third-order valence-electron chi connectivity index (χ3n) is 5.33. The summed E-state index contributed by atoms with van der Waals surface area (Å²) in [6.07, 6.45) is 0. The summed E-state index contributed by atoms with van der Waals surface area (Å²) < 4.78 is 29.4. The lowest BCUT2D eigenvalue weighted by atomic mass is 9.87. The molecule has 8 nitrogen and oxygen atoms in total. The first-order valence-electron chi connectivity index (χ1n) is 9.96. The van der Waals surface area contributed by atoms with Crippen LogP contribution in [0.2, 0.25) is 0 Å². The van der Waals surface area contributed by atoms with Crippen LogP contribution in [0.1, 0.15) is 26.3 Å². The van der Waals surface area contributed by atoms with Crippen molar-refractivity contribution in [2.24, 2.45) is 0 Å². The molecular formula is C21H26N6O2S. The zero-order chi connectivity index (χ0) is 21.4. The van der Waals surface area contributed by atoms with Gasteiger partial charge in [-0.05, 0) is 45.7 Å². The van der Waals surface area contributed by atoms with Gasteiger partial charge in [0.1, 0.15) is 0 Å². The van der Waals surface area contributed by atoms with Gasteiger partial charge in [0.15, 0.2) is 0 Å². The molecule has 9 heteroatoms. The lowest BCUT2D eigenvalue weighted by Crippen LogP contribution is -2.49. The van der Waals surface area contributed by atoms with E-state index in [0.29, 0.717) is 37.0 Å². The molecular weight excluding hydrogens is 400 g/mol. The number of nitrogens with zero attached hydrogens (tertiary/aromatic N) is 6. The van der Waals surface area contributed by atoms with Gasteiger partial charge in [0, 0.05) is 26.2 Å². The number of rotatable bonds is 4. The smallest absolute Gasteiger partial charge is 0.250 e. The summed E-state index contributed by atoms with van der Waals surface area (Å²) in [5.41, 5.74) is 1.96. The maximum absolute atomic E-state index is 13.1. The van der Waals surface area contributed by atoms with Gasteiger partial charge in [-0.3, -0.25) is 0 Å². The predicted molar refractivity (Wildman–Crippen MR) is 115 cm³/mol. The summed E-state index contributed by atoms with van der Waals surface area (Å²) in [6, 6.07) is 16.9. The second-order valence-electron chi connectivity index (χ2n) is 8.39. The molecule has 0 radical (unpaired) electrons. The molecule has 1 aliphatic rings. The van der Waals surface area contributed by atoms with E-state index >= 15 is 0 Å². The minimum absolute atomic E-state index is 0.0172. The van der Waals surface area contributed by atoms with Crippen LogP contribution < -0.4 is 4.90 Å². The minimum atomic E-state index is -3.53. The molecule has 0 unspecified atom stereocenters. The topological polar surface area (TPSA) is 84.2 Å². The van der Waals surface area contributed by atoms with Crippen molar-refractivity contribution in [3.63, 3.8) is 0 Å². The van der Waals surface area contributed by atoms with Gasteiger partial charge in [0.25, 0.3) is 0 Å². The first-order chi connectivity index (χ1) is 14.3. The van der Waals surface area contributed by atoms with E-state index < -0.39 is 10.0 Å². The average Bonchev–Trinajstić information content (AvgIpc) is 3.24. The molecule has 158 valence electrons. The average molecular weight is 427 g/mol. The number of tetrazole rings is 1. The Morgan fingerprint density at radius 2 is 1.50 bits per heavy atom. The largest absolute Gasteiger partial charge is 0.337 e. The normalized spacial score (nSPS) is 16.0. The van der Waals surface area contributed by atoms with E-state index in [9.17, 15) is 8.42 Å². The molecule has 2 aromatic carbocycles. The standard InChI is InChI=1S/C21H26N6O2S/c1-21(2,3)17-9-11-19(12-10-17)30(28,29)26-15-13-25(14-16-26)20-22-23-24-27(20)18-7-5-4-6-8-18/h4-12H,13-16H2,1-3H3. The van der Waals surface area contributed by atoms with Crippen molar-refractivity contribution in [3.8, 4) is 5.69 Å². The molecule has 30 heavy (non-hydrogen) atoms. The second-order valence-corrected chi connectivity index (χ2v) is 10.3. The Morgan fingerprint density at radius 3 is 2.10 bits per heavy atom. The first-order valence-corrected chi connectivity index (χ1v) is 11.4.